The highest BCUT2D eigenvalue weighted by Crippen LogP contribution is 2.30. The average molecular weight is 190 g/mol. The molecule has 0 fully saturated rings. The molecule has 0 aliphatic rings. The smallest absolute Gasteiger partial charge is 0.102 e. The van der Waals surface area contributed by atoms with Gasteiger partial charge in [0.2, 0.25) is 0 Å². The SMILES string of the molecule is CC(N=N)c1cc2ccccc2s1. The van der Waals surface area contributed by atoms with Crippen molar-refractivity contribution in [2.75, 3.05) is 0 Å². The molecule has 0 radical (unpaired) electrons. The molecule has 1 aromatic carbocycles. The van der Waals surface area contributed by atoms with Gasteiger partial charge in [0, 0.05) is 9.58 Å². The fourth-order valence-corrected chi connectivity index (χ4v) is 2.33. The van der Waals surface area contributed by atoms with Crippen LogP contribution in [-0.4, -0.2) is 0 Å². The zero-order valence-electron chi connectivity index (χ0n) is 7.32. The van der Waals surface area contributed by atoms with E-state index in [2.05, 4.69) is 23.3 Å². The fraction of sp³-hybridized carbons (Fsp3) is 0.200. The van der Waals surface area contributed by atoms with E-state index in [1.165, 1.54) is 10.1 Å². The zero-order valence-corrected chi connectivity index (χ0v) is 8.14. The third-order valence-electron chi connectivity index (χ3n) is 2.05. The molecule has 0 aliphatic carbocycles. The molecule has 2 nitrogen and oxygen atoms in total. The average Bonchev–Trinajstić information content (AvgIpc) is 2.59. The molecule has 1 unspecified atom stereocenters. The van der Waals surface area contributed by atoms with Gasteiger partial charge in [0.05, 0.1) is 0 Å². The molecule has 66 valence electrons. The lowest BCUT2D eigenvalue weighted by Gasteiger charge is -1.96. The van der Waals surface area contributed by atoms with E-state index in [0.717, 1.165) is 4.88 Å². The van der Waals surface area contributed by atoms with Crippen LogP contribution in [0.15, 0.2) is 35.4 Å². The summed E-state index contributed by atoms with van der Waals surface area (Å²) in [5.41, 5.74) is 6.95. The van der Waals surface area contributed by atoms with Gasteiger partial charge in [-0.1, -0.05) is 18.2 Å². The molecule has 2 rings (SSSR count). The Balaban J connectivity index is 2.55. The molecule has 0 spiro atoms. The number of hydrogen-bond donors (Lipinski definition) is 1. The van der Waals surface area contributed by atoms with Crippen molar-refractivity contribution in [3.05, 3.63) is 35.2 Å². The van der Waals surface area contributed by atoms with Gasteiger partial charge in [-0.15, -0.1) is 11.3 Å². The number of nitrogens with zero attached hydrogens (tertiary/aromatic N) is 1. The first-order chi connectivity index (χ1) is 6.31. The standard InChI is InChI=1S/C10H10N2S/c1-7(12-11)10-6-8-4-2-3-5-9(8)13-10/h2-7,11H,1H3. The first kappa shape index (κ1) is 8.38. The molecule has 0 aliphatic heterocycles. The maximum Gasteiger partial charge on any atom is 0.102 e. The Morgan fingerprint density at radius 2 is 2.15 bits per heavy atom. The Bertz CT molecular complexity index is 400. The summed E-state index contributed by atoms with van der Waals surface area (Å²) in [5.74, 6) is 0. The van der Waals surface area contributed by atoms with E-state index in [4.69, 9.17) is 5.53 Å². The topological polar surface area (TPSA) is 36.2 Å². The van der Waals surface area contributed by atoms with Gasteiger partial charge in [-0.3, -0.25) is 0 Å². The summed E-state index contributed by atoms with van der Waals surface area (Å²) in [6.07, 6.45) is 0. The minimum absolute atomic E-state index is 0.00241. The molecule has 1 N–H and O–H groups in total. The molecule has 0 bridgehead atoms. The molecular weight excluding hydrogens is 180 g/mol. The number of benzene rings is 1. The highest BCUT2D eigenvalue weighted by molar-refractivity contribution is 7.19. The van der Waals surface area contributed by atoms with Crippen LogP contribution in [0.2, 0.25) is 0 Å². The number of fused-ring (bicyclic) bond motifs is 1. The second-order valence-electron chi connectivity index (χ2n) is 2.99. The van der Waals surface area contributed by atoms with Crippen LogP contribution >= 0.6 is 11.3 Å². The van der Waals surface area contributed by atoms with Crippen LogP contribution in [-0.2, 0) is 0 Å². The van der Waals surface area contributed by atoms with E-state index < -0.39 is 0 Å². The summed E-state index contributed by atoms with van der Waals surface area (Å²) in [6.45, 7) is 1.94. The second kappa shape index (κ2) is 3.26. The Labute approximate surface area is 80.7 Å². The molecule has 2 aromatic rings. The normalized spacial score (nSPS) is 13.0. The fourth-order valence-electron chi connectivity index (χ4n) is 1.27. The summed E-state index contributed by atoms with van der Waals surface area (Å²) >= 11 is 1.72. The Hall–Kier alpha value is -1.22. The maximum atomic E-state index is 6.95. The Morgan fingerprint density at radius 3 is 2.85 bits per heavy atom. The van der Waals surface area contributed by atoms with Gasteiger partial charge in [0.25, 0.3) is 0 Å². The van der Waals surface area contributed by atoms with Crippen molar-refractivity contribution in [1.29, 1.82) is 5.53 Å². The molecule has 1 atom stereocenters. The van der Waals surface area contributed by atoms with Gasteiger partial charge in [-0.2, -0.15) is 5.11 Å². The summed E-state index contributed by atoms with van der Waals surface area (Å²) in [6, 6.07) is 10.4. The van der Waals surface area contributed by atoms with Crippen molar-refractivity contribution in [2.45, 2.75) is 13.0 Å². The van der Waals surface area contributed by atoms with Crippen LogP contribution in [0.1, 0.15) is 17.8 Å². The monoisotopic (exact) mass is 190 g/mol. The summed E-state index contributed by atoms with van der Waals surface area (Å²) in [4.78, 5) is 1.16. The van der Waals surface area contributed by atoms with E-state index >= 15 is 0 Å². The maximum absolute atomic E-state index is 6.95. The van der Waals surface area contributed by atoms with Gasteiger partial charge in [-0.05, 0) is 24.4 Å². The van der Waals surface area contributed by atoms with E-state index in [1.54, 1.807) is 11.3 Å². The lowest BCUT2D eigenvalue weighted by Crippen LogP contribution is -1.80. The molecule has 0 amide bonds. The van der Waals surface area contributed by atoms with Crippen molar-refractivity contribution in [2.24, 2.45) is 5.11 Å². The van der Waals surface area contributed by atoms with Crippen LogP contribution in [0.3, 0.4) is 0 Å². The van der Waals surface area contributed by atoms with Crippen molar-refractivity contribution in [3.8, 4) is 0 Å². The van der Waals surface area contributed by atoms with Crippen LogP contribution in [0.4, 0.5) is 0 Å². The zero-order chi connectivity index (χ0) is 9.26. The molecular formula is C10H10N2S. The number of hydrogen-bond acceptors (Lipinski definition) is 3. The van der Waals surface area contributed by atoms with Crippen molar-refractivity contribution >= 4 is 21.4 Å². The molecule has 1 aromatic heterocycles. The Morgan fingerprint density at radius 1 is 1.38 bits per heavy atom. The molecule has 13 heavy (non-hydrogen) atoms. The molecule has 0 saturated carbocycles. The second-order valence-corrected chi connectivity index (χ2v) is 4.11. The van der Waals surface area contributed by atoms with Gasteiger partial charge in [-0.25, -0.2) is 5.53 Å². The predicted octanol–water partition coefficient (Wildman–Crippen LogP) is 3.99. The quantitative estimate of drug-likeness (QED) is 0.695. The third-order valence-corrected chi connectivity index (χ3v) is 3.34. The predicted molar refractivity (Wildman–Crippen MR) is 55.4 cm³/mol. The van der Waals surface area contributed by atoms with Crippen LogP contribution in [0.5, 0.6) is 0 Å². The Kier molecular flexibility index (Phi) is 2.10. The lowest BCUT2D eigenvalue weighted by molar-refractivity contribution is 0.748. The molecule has 3 heteroatoms. The minimum Gasteiger partial charge on any atom is -0.209 e. The number of rotatable bonds is 2. The third kappa shape index (κ3) is 1.47. The van der Waals surface area contributed by atoms with Gasteiger partial charge in [0.15, 0.2) is 0 Å². The van der Waals surface area contributed by atoms with Gasteiger partial charge >= 0.3 is 0 Å². The first-order valence-corrected chi connectivity index (χ1v) is 4.98. The highest BCUT2D eigenvalue weighted by Gasteiger charge is 2.06. The van der Waals surface area contributed by atoms with Gasteiger partial charge < -0.3 is 0 Å². The lowest BCUT2D eigenvalue weighted by atomic mass is 10.2. The van der Waals surface area contributed by atoms with Gasteiger partial charge in [0.1, 0.15) is 6.04 Å². The summed E-state index contributed by atoms with van der Waals surface area (Å²) < 4.78 is 1.27. The van der Waals surface area contributed by atoms with Crippen molar-refractivity contribution < 1.29 is 0 Å². The van der Waals surface area contributed by atoms with Crippen molar-refractivity contribution in [1.82, 2.24) is 0 Å². The van der Waals surface area contributed by atoms with E-state index in [9.17, 15) is 0 Å². The largest absolute Gasteiger partial charge is 0.209 e. The first-order valence-electron chi connectivity index (χ1n) is 4.16. The molecule has 0 saturated heterocycles. The summed E-state index contributed by atoms with van der Waals surface area (Å²) in [5, 5.41) is 4.76. The number of thiophene rings is 1. The van der Waals surface area contributed by atoms with E-state index in [1.807, 2.05) is 19.1 Å². The summed E-state index contributed by atoms with van der Waals surface area (Å²) in [7, 11) is 0. The highest BCUT2D eigenvalue weighted by atomic mass is 32.1. The molecule has 1 heterocycles. The van der Waals surface area contributed by atoms with Crippen LogP contribution in [0.25, 0.3) is 10.1 Å². The van der Waals surface area contributed by atoms with Crippen molar-refractivity contribution in [3.63, 3.8) is 0 Å². The van der Waals surface area contributed by atoms with Crippen LogP contribution in [0, 0.1) is 5.53 Å². The van der Waals surface area contributed by atoms with E-state index in [0.29, 0.717) is 0 Å². The minimum atomic E-state index is -0.00241. The number of nitrogens with one attached hydrogen (secondary N) is 1. The van der Waals surface area contributed by atoms with Crippen LogP contribution < -0.4 is 0 Å². The van der Waals surface area contributed by atoms with E-state index in [-0.39, 0.29) is 6.04 Å².